The van der Waals surface area contributed by atoms with Gasteiger partial charge in [0, 0.05) is 31.5 Å². The first kappa shape index (κ1) is 24.9. The van der Waals surface area contributed by atoms with Gasteiger partial charge in [0.25, 0.3) is 0 Å². The number of fused-ring (bicyclic) bond motifs is 1. The molecular formula is C23H25F3N6O2S. The molecule has 0 unspecified atom stereocenters. The molecule has 8 nitrogen and oxygen atoms in total. The monoisotopic (exact) mass is 506 g/mol. The normalized spacial score (nSPS) is 14.4. The third-order valence-electron chi connectivity index (χ3n) is 5.59. The van der Waals surface area contributed by atoms with Crippen LogP contribution in [0.25, 0.3) is 0 Å². The Balaban J connectivity index is 1.51. The van der Waals surface area contributed by atoms with Crippen molar-refractivity contribution in [3.8, 4) is 0 Å². The smallest absolute Gasteiger partial charge is 0.369 e. The number of rotatable bonds is 8. The van der Waals surface area contributed by atoms with Crippen molar-refractivity contribution in [2.24, 2.45) is 5.73 Å². The Morgan fingerprint density at radius 1 is 1.09 bits per heavy atom. The highest BCUT2D eigenvalue weighted by molar-refractivity contribution is 7.89. The molecule has 35 heavy (non-hydrogen) atoms. The van der Waals surface area contributed by atoms with Gasteiger partial charge in [0.1, 0.15) is 11.4 Å². The second-order valence-corrected chi connectivity index (χ2v) is 9.97. The molecule has 4 rings (SSSR count). The van der Waals surface area contributed by atoms with Crippen LogP contribution >= 0.6 is 0 Å². The topological polar surface area (TPSA) is 113 Å². The molecule has 4 N–H and O–H groups in total. The van der Waals surface area contributed by atoms with Crippen LogP contribution in [0.2, 0.25) is 0 Å². The molecule has 0 fully saturated rings. The molecule has 0 saturated carbocycles. The molecule has 0 amide bonds. The van der Waals surface area contributed by atoms with E-state index in [2.05, 4.69) is 20.6 Å². The lowest BCUT2D eigenvalue weighted by Gasteiger charge is -2.28. The maximum atomic E-state index is 13.3. The summed E-state index contributed by atoms with van der Waals surface area (Å²) in [5, 5.41) is 5.62. The number of sulfonamides is 1. The Labute approximate surface area is 201 Å². The van der Waals surface area contributed by atoms with Crippen molar-refractivity contribution in [2.75, 3.05) is 30.3 Å². The van der Waals surface area contributed by atoms with E-state index in [9.17, 15) is 21.6 Å². The van der Waals surface area contributed by atoms with Crippen LogP contribution in [-0.4, -0.2) is 42.3 Å². The second kappa shape index (κ2) is 10.2. The summed E-state index contributed by atoms with van der Waals surface area (Å²) in [6, 6.07) is 13.6. The van der Waals surface area contributed by atoms with Crippen LogP contribution in [0.4, 0.5) is 30.6 Å². The number of anilines is 3. The average molecular weight is 507 g/mol. The first-order chi connectivity index (χ1) is 16.7. The third-order valence-corrected chi connectivity index (χ3v) is 7.45. The molecule has 2 heterocycles. The molecule has 186 valence electrons. The minimum Gasteiger partial charge on any atom is -0.369 e. The Kier molecular flexibility index (Phi) is 7.24. The van der Waals surface area contributed by atoms with Gasteiger partial charge in [-0.2, -0.15) is 22.5 Å². The summed E-state index contributed by atoms with van der Waals surface area (Å²) in [6.07, 6.45) is -2.87. The molecule has 1 aliphatic rings. The fourth-order valence-corrected chi connectivity index (χ4v) is 5.21. The lowest BCUT2D eigenvalue weighted by molar-refractivity contribution is -0.137. The molecule has 0 spiro atoms. The minimum absolute atomic E-state index is 0.0114. The zero-order valence-electron chi connectivity index (χ0n) is 18.7. The van der Waals surface area contributed by atoms with Gasteiger partial charge in [0.2, 0.25) is 16.0 Å². The lowest BCUT2D eigenvalue weighted by atomic mass is 10.0. The predicted octanol–water partition coefficient (Wildman–Crippen LogP) is 3.75. The van der Waals surface area contributed by atoms with Gasteiger partial charge in [-0.25, -0.2) is 13.4 Å². The average Bonchev–Trinajstić information content (AvgIpc) is 2.84. The standard InChI is InChI=1S/C23H25F3N6O2S/c24-23(25,26)20-14-29-22(31-21(20)28-11-4-10-27)30-18-8-7-17-15-32(12-9-16(17)13-18)35(33,34)19-5-2-1-3-6-19/h1-3,5-8,13-14H,4,9-12,15,27H2,(H2,28,29,30,31). The maximum Gasteiger partial charge on any atom is 0.421 e. The fraction of sp³-hybridized carbons (Fsp3) is 0.304. The number of alkyl halides is 3. The Morgan fingerprint density at radius 3 is 2.57 bits per heavy atom. The Morgan fingerprint density at radius 2 is 1.86 bits per heavy atom. The zero-order valence-corrected chi connectivity index (χ0v) is 19.5. The SMILES string of the molecule is NCCCNc1nc(Nc2ccc3c(c2)CCN(S(=O)(=O)c2ccccc2)C3)ncc1C(F)(F)F. The molecular weight excluding hydrogens is 481 g/mol. The number of hydrogen-bond acceptors (Lipinski definition) is 7. The van der Waals surface area contributed by atoms with Crippen molar-refractivity contribution < 1.29 is 21.6 Å². The Hall–Kier alpha value is -3.22. The van der Waals surface area contributed by atoms with Gasteiger partial charge in [-0.1, -0.05) is 24.3 Å². The quantitative estimate of drug-likeness (QED) is 0.399. The maximum absolute atomic E-state index is 13.3. The van der Waals surface area contributed by atoms with Crippen molar-refractivity contribution in [1.29, 1.82) is 0 Å². The van der Waals surface area contributed by atoms with Crippen LogP contribution in [0, 0.1) is 0 Å². The summed E-state index contributed by atoms with van der Waals surface area (Å²) < 4.78 is 67.3. The van der Waals surface area contributed by atoms with Gasteiger partial charge in [-0.05, 0) is 54.8 Å². The second-order valence-electron chi connectivity index (χ2n) is 8.03. The van der Waals surface area contributed by atoms with Crippen LogP contribution in [0.3, 0.4) is 0 Å². The molecule has 0 radical (unpaired) electrons. The fourth-order valence-electron chi connectivity index (χ4n) is 3.77. The molecule has 1 aliphatic heterocycles. The van der Waals surface area contributed by atoms with Gasteiger partial charge in [0.15, 0.2) is 0 Å². The van der Waals surface area contributed by atoms with E-state index in [1.165, 1.54) is 4.31 Å². The number of nitrogens with zero attached hydrogens (tertiary/aromatic N) is 3. The summed E-state index contributed by atoms with van der Waals surface area (Å²) in [6.45, 7) is 1.14. The summed E-state index contributed by atoms with van der Waals surface area (Å²) in [5.41, 5.74) is 6.87. The molecule has 1 aromatic heterocycles. The van der Waals surface area contributed by atoms with E-state index in [4.69, 9.17) is 5.73 Å². The van der Waals surface area contributed by atoms with Crippen LogP contribution < -0.4 is 16.4 Å². The number of halogens is 3. The highest BCUT2D eigenvalue weighted by Crippen LogP contribution is 2.34. The van der Waals surface area contributed by atoms with Crippen LogP contribution in [-0.2, 0) is 29.2 Å². The number of aromatic nitrogens is 2. The third kappa shape index (κ3) is 5.72. The zero-order chi connectivity index (χ0) is 25.1. The van der Waals surface area contributed by atoms with Gasteiger partial charge < -0.3 is 16.4 Å². The van der Waals surface area contributed by atoms with E-state index in [-0.39, 0.29) is 29.8 Å². The lowest BCUT2D eigenvalue weighted by Crippen LogP contribution is -2.35. The summed E-state index contributed by atoms with van der Waals surface area (Å²) in [5.74, 6) is -0.305. The molecule has 2 aromatic carbocycles. The highest BCUT2D eigenvalue weighted by Gasteiger charge is 2.35. The van der Waals surface area contributed by atoms with Gasteiger partial charge in [0.05, 0.1) is 4.90 Å². The number of nitrogens with two attached hydrogens (primary N) is 1. The number of nitrogens with one attached hydrogen (secondary N) is 2. The predicted molar refractivity (Wildman–Crippen MR) is 127 cm³/mol. The van der Waals surface area contributed by atoms with E-state index in [1.54, 1.807) is 42.5 Å². The van der Waals surface area contributed by atoms with E-state index in [0.717, 1.165) is 17.3 Å². The number of benzene rings is 2. The van der Waals surface area contributed by atoms with E-state index >= 15 is 0 Å². The Bertz CT molecular complexity index is 1290. The van der Waals surface area contributed by atoms with Gasteiger partial charge in [-0.15, -0.1) is 0 Å². The molecule has 12 heteroatoms. The molecule has 0 aliphatic carbocycles. The van der Waals surface area contributed by atoms with Gasteiger partial charge >= 0.3 is 6.18 Å². The largest absolute Gasteiger partial charge is 0.421 e. The first-order valence-electron chi connectivity index (χ1n) is 11.0. The number of hydrogen-bond donors (Lipinski definition) is 3. The summed E-state index contributed by atoms with van der Waals surface area (Å²) in [7, 11) is -3.60. The summed E-state index contributed by atoms with van der Waals surface area (Å²) in [4.78, 5) is 8.09. The van der Waals surface area contributed by atoms with Crippen LogP contribution in [0.5, 0.6) is 0 Å². The van der Waals surface area contributed by atoms with E-state index in [1.807, 2.05) is 6.07 Å². The molecule has 0 bridgehead atoms. The van der Waals surface area contributed by atoms with Crippen molar-refractivity contribution in [3.05, 3.63) is 71.4 Å². The molecule has 0 atom stereocenters. The highest BCUT2D eigenvalue weighted by atomic mass is 32.2. The van der Waals surface area contributed by atoms with Crippen LogP contribution in [0.1, 0.15) is 23.1 Å². The van der Waals surface area contributed by atoms with E-state index < -0.39 is 21.8 Å². The molecule has 3 aromatic rings. The van der Waals surface area contributed by atoms with Crippen molar-refractivity contribution in [1.82, 2.24) is 14.3 Å². The summed E-state index contributed by atoms with van der Waals surface area (Å²) >= 11 is 0. The van der Waals surface area contributed by atoms with Crippen molar-refractivity contribution in [2.45, 2.75) is 30.5 Å². The van der Waals surface area contributed by atoms with Crippen LogP contribution in [0.15, 0.2) is 59.6 Å². The van der Waals surface area contributed by atoms with Gasteiger partial charge in [-0.3, -0.25) is 0 Å². The molecule has 0 saturated heterocycles. The van der Waals surface area contributed by atoms with Crippen molar-refractivity contribution in [3.63, 3.8) is 0 Å². The van der Waals surface area contributed by atoms with Crippen molar-refractivity contribution >= 4 is 27.5 Å². The minimum atomic E-state index is -4.60. The first-order valence-corrected chi connectivity index (χ1v) is 12.4. The van der Waals surface area contributed by atoms with E-state index in [0.29, 0.717) is 31.6 Å².